The number of hydrogen-bond donors (Lipinski definition) is 2. The quantitative estimate of drug-likeness (QED) is 0.149. The fraction of sp³-hybridized carbons (Fsp3) is 0.179. The van der Waals surface area contributed by atoms with E-state index in [0.717, 1.165) is 14.7 Å². The van der Waals surface area contributed by atoms with Crippen LogP contribution in [0.15, 0.2) is 112 Å². The number of nitrogens with zero attached hydrogens (tertiary/aromatic N) is 2. The summed E-state index contributed by atoms with van der Waals surface area (Å²) >= 11 is 3.41. The third-order valence-corrected chi connectivity index (χ3v) is 10.1. The minimum Gasteiger partial charge on any atom is -0.493 e. The average molecular weight is 800 g/mol. The number of aromatic carboxylic acids is 1. The first kappa shape index (κ1) is 34.8. The summed E-state index contributed by atoms with van der Waals surface area (Å²) in [6, 6.07) is 26.8. The first-order valence-electron chi connectivity index (χ1n) is 15.9. The molecular formula is C39H34IN3O6S. The molecule has 0 radical (unpaired) electrons. The van der Waals surface area contributed by atoms with Crippen molar-refractivity contribution in [2.45, 2.75) is 39.3 Å². The van der Waals surface area contributed by atoms with Crippen LogP contribution in [-0.2, 0) is 11.4 Å². The van der Waals surface area contributed by atoms with Crippen molar-refractivity contribution in [1.82, 2.24) is 4.57 Å². The number of rotatable bonds is 10. The number of methoxy groups -OCH3 is 1. The smallest absolute Gasteiger partial charge is 0.335 e. The van der Waals surface area contributed by atoms with Crippen LogP contribution in [0, 0.1) is 3.57 Å². The van der Waals surface area contributed by atoms with Crippen molar-refractivity contribution < 1.29 is 24.2 Å². The number of halogens is 1. The maximum atomic E-state index is 14.3. The van der Waals surface area contributed by atoms with Crippen LogP contribution in [0.5, 0.6) is 11.5 Å². The summed E-state index contributed by atoms with van der Waals surface area (Å²) in [5, 5.41) is 12.3. The topological polar surface area (TPSA) is 119 Å². The Morgan fingerprint density at radius 2 is 1.78 bits per heavy atom. The summed E-state index contributed by atoms with van der Waals surface area (Å²) in [4.78, 5) is 44.8. The van der Waals surface area contributed by atoms with Crippen molar-refractivity contribution in [3.05, 3.63) is 153 Å². The number of ether oxygens (including phenoxy) is 2. The molecule has 0 unspecified atom stereocenters. The zero-order chi connectivity index (χ0) is 35.5. The minimum absolute atomic E-state index is 0.142. The third-order valence-electron chi connectivity index (χ3n) is 8.32. The number of nitrogens with one attached hydrogen (secondary N) is 1. The number of aromatic nitrogens is 1. The van der Waals surface area contributed by atoms with E-state index < -0.39 is 12.0 Å². The van der Waals surface area contributed by atoms with Crippen molar-refractivity contribution in [3.63, 3.8) is 0 Å². The van der Waals surface area contributed by atoms with Crippen molar-refractivity contribution in [3.8, 4) is 11.5 Å². The molecule has 1 aromatic heterocycles. The maximum Gasteiger partial charge on any atom is 0.335 e. The largest absolute Gasteiger partial charge is 0.493 e. The number of carboxylic acids is 1. The molecule has 6 rings (SSSR count). The second kappa shape index (κ2) is 14.9. The Hall–Kier alpha value is -5.01. The van der Waals surface area contributed by atoms with Gasteiger partial charge in [-0.05, 0) is 100 Å². The number of hydrogen-bond acceptors (Lipinski definition) is 7. The second-order valence-electron chi connectivity index (χ2n) is 12.1. The van der Waals surface area contributed by atoms with Crippen LogP contribution in [0.2, 0.25) is 0 Å². The van der Waals surface area contributed by atoms with Crippen LogP contribution in [0.3, 0.4) is 0 Å². The monoisotopic (exact) mass is 799 g/mol. The normalized spacial score (nSPS) is 14.3. The van der Waals surface area contributed by atoms with E-state index in [4.69, 9.17) is 14.5 Å². The molecule has 0 aliphatic carbocycles. The van der Waals surface area contributed by atoms with E-state index in [-0.39, 0.29) is 23.6 Å². The lowest BCUT2D eigenvalue weighted by molar-refractivity contribution is -0.113. The van der Waals surface area contributed by atoms with Crippen LogP contribution < -0.4 is 29.7 Å². The summed E-state index contributed by atoms with van der Waals surface area (Å²) < 4.78 is 14.6. The van der Waals surface area contributed by atoms with E-state index in [2.05, 4.69) is 41.8 Å². The molecule has 9 nitrogen and oxygen atoms in total. The lowest BCUT2D eigenvalue weighted by Crippen LogP contribution is -2.40. The molecule has 0 saturated carbocycles. The molecule has 1 amide bonds. The highest BCUT2D eigenvalue weighted by Crippen LogP contribution is 2.35. The number of thiazole rings is 1. The Labute approximate surface area is 306 Å². The van der Waals surface area contributed by atoms with Crippen molar-refractivity contribution in [2.75, 3.05) is 12.4 Å². The number of anilines is 1. The van der Waals surface area contributed by atoms with Crippen molar-refractivity contribution >= 4 is 57.6 Å². The molecule has 50 heavy (non-hydrogen) atoms. The fourth-order valence-corrected chi connectivity index (χ4v) is 7.60. The van der Waals surface area contributed by atoms with Crippen LogP contribution in [0.1, 0.15) is 65.3 Å². The van der Waals surface area contributed by atoms with Gasteiger partial charge in [0.15, 0.2) is 16.3 Å². The highest BCUT2D eigenvalue weighted by atomic mass is 127. The van der Waals surface area contributed by atoms with Crippen molar-refractivity contribution in [2.24, 2.45) is 4.99 Å². The summed E-state index contributed by atoms with van der Waals surface area (Å²) in [6.45, 7) is 6.19. The average Bonchev–Trinajstić information content (AvgIpc) is 3.40. The van der Waals surface area contributed by atoms with Gasteiger partial charge in [0.1, 0.15) is 6.61 Å². The van der Waals surface area contributed by atoms with E-state index in [0.29, 0.717) is 54.8 Å². The third kappa shape index (κ3) is 7.29. The Morgan fingerprint density at radius 1 is 1.04 bits per heavy atom. The summed E-state index contributed by atoms with van der Waals surface area (Å²) in [6.07, 6.45) is 1.79. The number of carbonyl (C=O) groups excluding carboxylic acids is 1. The highest BCUT2D eigenvalue weighted by molar-refractivity contribution is 14.1. The summed E-state index contributed by atoms with van der Waals surface area (Å²) in [7, 11) is 1.54. The van der Waals surface area contributed by atoms with E-state index in [9.17, 15) is 19.5 Å². The van der Waals surface area contributed by atoms with Crippen LogP contribution >= 0.6 is 33.9 Å². The van der Waals surface area contributed by atoms with Gasteiger partial charge in [0, 0.05) is 5.69 Å². The number of benzene rings is 4. The van der Waals surface area contributed by atoms with Crippen LogP contribution in [0.25, 0.3) is 6.08 Å². The Kier molecular flexibility index (Phi) is 10.3. The Bertz CT molecular complexity index is 2310. The van der Waals surface area contributed by atoms with Gasteiger partial charge >= 0.3 is 5.97 Å². The van der Waals surface area contributed by atoms with Gasteiger partial charge in [-0.25, -0.2) is 9.79 Å². The van der Waals surface area contributed by atoms with Crippen molar-refractivity contribution in [1.29, 1.82) is 0 Å². The van der Waals surface area contributed by atoms with E-state index in [1.54, 1.807) is 41.8 Å². The number of allylic oxidation sites excluding steroid dienone is 1. The maximum absolute atomic E-state index is 14.3. The zero-order valence-corrected chi connectivity index (χ0v) is 30.7. The van der Waals surface area contributed by atoms with Crippen LogP contribution in [0.4, 0.5) is 5.69 Å². The van der Waals surface area contributed by atoms with E-state index >= 15 is 0 Å². The highest BCUT2D eigenvalue weighted by Gasteiger charge is 2.32. The Morgan fingerprint density at radius 3 is 2.46 bits per heavy atom. The van der Waals surface area contributed by atoms with Gasteiger partial charge < -0.3 is 19.9 Å². The number of carbonyl (C=O) groups is 2. The van der Waals surface area contributed by atoms with Gasteiger partial charge in [-0.3, -0.25) is 14.2 Å². The standard InChI is InChI=1S/C39H34IN3O6S/c1-22(2)26-13-15-27(16-14-26)34-33(36(44)42-29-11-6-5-7-12-29)23(3)41-39-43(34)37(45)32(50-39)20-25-18-30(40)35(31(19-25)48-4)49-21-24-9-8-10-28(17-24)38(46)47/h5-20,22,34H,21H2,1-4H3,(H,42,44)(H,46,47)/b32-20-/t34-/m1/s1. The van der Waals surface area contributed by atoms with Gasteiger partial charge in [-0.2, -0.15) is 0 Å². The van der Waals surface area contributed by atoms with Gasteiger partial charge in [0.2, 0.25) is 0 Å². The number of carboxylic acid groups (broad SMARTS) is 1. The molecule has 0 fully saturated rings. The first-order chi connectivity index (χ1) is 24.0. The number of amides is 1. The summed E-state index contributed by atoms with van der Waals surface area (Å²) in [5.41, 5.74) is 4.88. The molecule has 254 valence electrons. The molecule has 0 spiro atoms. The molecule has 1 aliphatic heterocycles. The van der Waals surface area contributed by atoms with Gasteiger partial charge in [-0.15, -0.1) is 0 Å². The van der Waals surface area contributed by atoms with E-state index in [1.807, 2.05) is 60.7 Å². The fourth-order valence-electron chi connectivity index (χ4n) is 5.77. The first-order valence-corrected chi connectivity index (χ1v) is 17.7. The van der Waals surface area contributed by atoms with Gasteiger partial charge in [0.05, 0.1) is 38.1 Å². The molecule has 5 aromatic rings. The molecule has 0 bridgehead atoms. The molecule has 11 heteroatoms. The molecule has 4 aromatic carbocycles. The zero-order valence-electron chi connectivity index (χ0n) is 27.8. The molecule has 1 aliphatic rings. The predicted octanol–water partition coefficient (Wildman–Crippen LogP) is 6.89. The molecule has 2 N–H and O–H groups in total. The van der Waals surface area contributed by atoms with E-state index in [1.165, 1.54) is 24.5 Å². The predicted molar refractivity (Wildman–Crippen MR) is 203 cm³/mol. The van der Waals surface area contributed by atoms with Gasteiger partial charge in [0.25, 0.3) is 11.5 Å². The minimum atomic E-state index is -1.01. The summed E-state index contributed by atoms with van der Waals surface area (Å²) in [5.74, 6) is -0.0462. The SMILES string of the molecule is COc1cc(/C=c2\sc3n(c2=O)[C@H](c2ccc(C(C)C)cc2)C(C(=O)Nc2ccccc2)=C(C)N=3)cc(I)c1OCc1cccc(C(=O)O)c1. The van der Waals surface area contributed by atoms with Gasteiger partial charge in [-0.1, -0.05) is 79.8 Å². The lowest BCUT2D eigenvalue weighted by Gasteiger charge is -2.25. The van der Waals surface area contributed by atoms with Crippen LogP contribution in [-0.4, -0.2) is 28.7 Å². The molecule has 0 saturated heterocycles. The Balaban J connectivity index is 1.39. The molecule has 1 atom stereocenters. The second-order valence-corrected chi connectivity index (χ2v) is 14.2. The number of para-hydroxylation sites is 1. The lowest BCUT2D eigenvalue weighted by atomic mass is 9.93. The molecule has 2 heterocycles. The molecular weight excluding hydrogens is 765 g/mol. The number of fused-ring (bicyclic) bond motifs is 1.